The molecule has 0 saturated heterocycles. The predicted molar refractivity (Wildman–Crippen MR) is 76.3 cm³/mol. The van der Waals surface area contributed by atoms with Crippen LogP contribution in [0.5, 0.6) is 0 Å². The maximum Gasteiger partial charge on any atom is 0.269 e. The number of ether oxygens (including phenoxy) is 1. The van der Waals surface area contributed by atoms with Gasteiger partial charge in [-0.15, -0.1) is 0 Å². The van der Waals surface area contributed by atoms with Crippen LogP contribution in [0, 0.1) is 11.8 Å². The van der Waals surface area contributed by atoms with Gasteiger partial charge in [-0.25, -0.2) is 4.98 Å². The molecule has 1 aromatic rings. The van der Waals surface area contributed by atoms with E-state index in [1.807, 2.05) is 0 Å². The first-order valence-electron chi connectivity index (χ1n) is 6.69. The van der Waals surface area contributed by atoms with Crippen molar-refractivity contribution in [3.05, 3.63) is 29.6 Å². The van der Waals surface area contributed by atoms with Gasteiger partial charge in [-0.05, 0) is 25.0 Å². The molecule has 1 heterocycles. The van der Waals surface area contributed by atoms with Crippen LogP contribution in [0.4, 0.5) is 0 Å². The third kappa shape index (κ3) is 6.32. The minimum absolute atomic E-state index is 0.192. The minimum atomic E-state index is -0.206. The van der Waals surface area contributed by atoms with Crippen LogP contribution < -0.4 is 5.32 Å². The number of hydrogen-bond acceptors (Lipinski definition) is 4. The number of carbonyl (C=O) groups excluding carboxylic acids is 1. The van der Waals surface area contributed by atoms with Gasteiger partial charge in [-0.3, -0.25) is 4.79 Å². The zero-order chi connectivity index (χ0) is 14.6. The minimum Gasteiger partial charge on any atom is -0.384 e. The molecule has 20 heavy (non-hydrogen) atoms. The third-order valence-electron chi connectivity index (χ3n) is 2.41. The first-order valence-corrected chi connectivity index (χ1v) is 6.69. The molecule has 5 heteroatoms. The summed E-state index contributed by atoms with van der Waals surface area (Å²) in [5.41, 5.74) is 1.03. The number of hydrogen-bond donors (Lipinski definition) is 2. The van der Waals surface area contributed by atoms with Crippen LogP contribution in [0.3, 0.4) is 0 Å². The Labute approximate surface area is 119 Å². The molecule has 0 atom stereocenters. The first-order chi connectivity index (χ1) is 9.77. The second-order valence-electron chi connectivity index (χ2n) is 4.11. The largest absolute Gasteiger partial charge is 0.384 e. The number of nitrogens with zero attached hydrogens (tertiary/aromatic N) is 1. The molecule has 0 aliphatic heterocycles. The van der Waals surface area contributed by atoms with Gasteiger partial charge < -0.3 is 15.2 Å². The number of amides is 1. The van der Waals surface area contributed by atoms with Crippen LogP contribution in [0.15, 0.2) is 18.3 Å². The summed E-state index contributed by atoms with van der Waals surface area (Å²) < 4.78 is 5.32. The van der Waals surface area contributed by atoms with Gasteiger partial charge in [0.1, 0.15) is 12.3 Å². The van der Waals surface area contributed by atoms with E-state index >= 15 is 0 Å². The molecule has 0 aliphatic rings. The van der Waals surface area contributed by atoms with E-state index in [1.54, 1.807) is 12.1 Å². The van der Waals surface area contributed by atoms with E-state index in [0.717, 1.165) is 19.4 Å². The number of rotatable bonds is 7. The highest BCUT2D eigenvalue weighted by molar-refractivity contribution is 5.92. The number of aliphatic hydroxyl groups is 1. The average molecular weight is 276 g/mol. The molecule has 0 aliphatic carbocycles. The Bertz CT molecular complexity index is 460. The van der Waals surface area contributed by atoms with Gasteiger partial charge in [0.15, 0.2) is 0 Å². The lowest BCUT2D eigenvalue weighted by Crippen LogP contribution is -2.26. The van der Waals surface area contributed by atoms with Crippen LogP contribution in [0.2, 0.25) is 0 Å². The molecule has 0 bridgehead atoms. The van der Waals surface area contributed by atoms with Gasteiger partial charge in [-0.2, -0.15) is 0 Å². The number of carbonyl (C=O) groups is 1. The number of aliphatic hydroxyl groups excluding tert-OH is 1. The van der Waals surface area contributed by atoms with Crippen LogP contribution in [-0.2, 0) is 4.74 Å². The zero-order valence-corrected chi connectivity index (χ0v) is 11.7. The molecule has 0 saturated carbocycles. The van der Waals surface area contributed by atoms with Crippen molar-refractivity contribution in [3.8, 4) is 11.8 Å². The Kier molecular flexibility index (Phi) is 8.04. The summed E-state index contributed by atoms with van der Waals surface area (Å²) in [6.45, 7) is 3.84. The third-order valence-corrected chi connectivity index (χ3v) is 2.41. The van der Waals surface area contributed by atoms with Crippen LogP contribution >= 0.6 is 0 Å². The maximum absolute atomic E-state index is 11.8. The summed E-state index contributed by atoms with van der Waals surface area (Å²) in [6, 6.07) is 3.32. The molecule has 1 rings (SSSR count). The molecule has 0 fully saturated rings. The summed E-state index contributed by atoms with van der Waals surface area (Å²) in [5.74, 6) is 5.04. The van der Waals surface area contributed by atoms with Gasteiger partial charge in [-0.1, -0.05) is 18.8 Å². The Morgan fingerprint density at radius 2 is 2.30 bits per heavy atom. The van der Waals surface area contributed by atoms with Gasteiger partial charge >= 0.3 is 0 Å². The molecule has 0 radical (unpaired) electrons. The average Bonchev–Trinajstić information content (AvgIpc) is 2.49. The van der Waals surface area contributed by atoms with Gasteiger partial charge in [0.2, 0.25) is 0 Å². The van der Waals surface area contributed by atoms with E-state index in [2.05, 4.69) is 29.1 Å². The quantitative estimate of drug-likeness (QED) is 0.575. The topological polar surface area (TPSA) is 71.5 Å². The summed E-state index contributed by atoms with van der Waals surface area (Å²) in [7, 11) is 0. The Balaban J connectivity index is 2.32. The molecule has 1 amide bonds. The molecule has 0 unspecified atom stereocenters. The summed E-state index contributed by atoms with van der Waals surface area (Å²) in [4.78, 5) is 15.8. The normalized spacial score (nSPS) is 9.70. The van der Waals surface area contributed by atoms with E-state index in [9.17, 15) is 4.79 Å². The van der Waals surface area contributed by atoms with E-state index < -0.39 is 0 Å². The van der Waals surface area contributed by atoms with Crippen molar-refractivity contribution in [3.63, 3.8) is 0 Å². The van der Waals surface area contributed by atoms with E-state index in [1.165, 1.54) is 6.20 Å². The molecule has 0 aromatic carbocycles. The highest BCUT2D eigenvalue weighted by Crippen LogP contribution is 1.99. The SMILES string of the molecule is CCCOCCCNC(=O)c1ccc(C#CCO)cn1. The maximum atomic E-state index is 11.8. The van der Waals surface area contributed by atoms with Crippen molar-refractivity contribution in [1.82, 2.24) is 10.3 Å². The van der Waals surface area contributed by atoms with Crippen molar-refractivity contribution < 1.29 is 14.6 Å². The highest BCUT2D eigenvalue weighted by Gasteiger charge is 2.05. The fourth-order valence-corrected chi connectivity index (χ4v) is 1.46. The summed E-state index contributed by atoms with van der Waals surface area (Å²) in [6.07, 6.45) is 3.30. The molecular weight excluding hydrogens is 256 g/mol. The van der Waals surface area contributed by atoms with Gasteiger partial charge in [0.05, 0.1) is 0 Å². The Hall–Kier alpha value is -1.90. The van der Waals surface area contributed by atoms with Crippen LogP contribution in [0.25, 0.3) is 0 Å². The molecule has 1 aromatic heterocycles. The fourth-order valence-electron chi connectivity index (χ4n) is 1.46. The van der Waals surface area contributed by atoms with Crippen molar-refractivity contribution in [2.24, 2.45) is 0 Å². The lowest BCUT2D eigenvalue weighted by atomic mass is 10.2. The first kappa shape index (κ1) is 16.2. The second kappa shape index (κ2) is 9.96. The van der Waals surface area contributed by atoms with Crippen LogP contribution in [-0.4, -0.2) is 42.4 Å². The van der Waals surface area contributed by atoms with Crippen molar-refractivity contribution >= 4 is 5.91 Å². The van der Waals surface area contributed by atoms with Gasteiger partial charge in [0.25, 0.3) is 5.91 Å². The molecule has 5 nitrogen and oxygen atoms in total. The molecule has 2 N–H and O–H groups in total. The molecular formula is C15H20N2O3. The predicted octanol–water partition coefficient (Wildman–Crippen LogP) is 0.972. The van der Waals surface area contributed by atoms with Crippen LogP contribution in [0.1, 0.15) is 35.8 Å². The van der Waals surface area contributed by atoms with E-state index in [0.29, 0.717) is 24.4 Å². The number of pyridine rings is 1. The van der Waals surface area contributed by atoms with Crippen molar-refractivity contribution in [2.45, 2.75) is 19.8 Å². The smallest absolute Gasteiger partial charge is 0.269 e. The molecule has 0 spiro atoms. The fraction of sp³-hybridized carbons (Fsp3) is 0.467. The summed E-state index contributed by atoms with van der Waals surface area (Å²) in [5, 5.41) is 11.4. The van der Waals surface area contributed by atoms with Crippen molar-refractivity contribution in [2.75, 3.05) is 26.4 Å². The molecule has 108 valence electrons. The van der Waals surface area contributed by atoms with Gasteiger partial charge in [0, 0.05) is 31.5 Å². The monoisotopic (exact) mass is 276 g/mol. The van der Waals surface area contributed by atoms with Crippen molar-refractivity contribution in [1.29, 1.82) is 0 Å². The number of nitrogens with one attached hydrogen (secondary N) is 1. The Morgan fingerprint density at radius 1 is 1.45 bits per heavy atom. The van der Waals surface area contributed by atoms with E-state index in [-0.39, 0.29) is 12.5 Å². The lowest BCUT2D eigenvalue weighted by Gasteiger charge is -2.05. The standard InChI is InChI=1S/C15H20N2O3/c1-2-10-20-11-4-8-16-15(19)14-7-6-13(12-17-14)5-3-9-18/h6-7,12,18H,2,4,8-11H2,1H3,(H,16,19). The highest BCUT2D eigenvalue weighted by atomic mass is 16.5. The summed E-state index contributed by atoms with van der Waals surface area (Å²) >= 11 is 0. The van der Waals surface area contributed by atoms with E-state index in [4.69, 9.17) is 9.84 Å². The lowest BCUT2D eigenvalue weighted by molar-refractivity contribution is 0.0936. The zero-order valence-electron chi connectivity index (χ0n) is 11.7. The number of aromatic nitrogens is 1. The second-order valence-corrected chi connectivity index (χ2v) is 4.11. The Morgan fingerprint density at radius 3 is 2.95 bits per heavy atom.